The van der Waals surface area contributed by atoms with E-state index in [1.165, 1.54) is 6.26 Å². The molecule has 2 aromatic carbocycles. The van der Waals surface area contributed by atoms with E-state index >= 15 is 0 Å². The molecular formula is C30H41Cl2N3O4S. The Morgan fingerprint density at radius 2 is 1.68 bits per heavy atom. The molecular weight excluding hydrogens is 569 g/mol. The van der Waals surface area contributed by atoms with Crippen molar-refractivity contribution in [2.45, 2.75) is 63.9 Å². The highest BCUT2D eigenvalue weighted by molar-refractivity contribution is 7.90. The number of carbonyl (C=O) groups excluding carboxylic acids is 2. The van der Waals surface area contributed by atoms with Gasteiger partial charge < -0.3 is 15.1 Å². The first-order valence-electron chi connectivity index (χ1n) is 13.6. The molecule has 2 amide bonds. The van der Waals surface area contributed by atoms with Gasteiger partial charge in [0.15, 0.2) is 9.84 Å². The van der Waals surface area contributed by atoms with E-state index in [-0.39, 0.29) is 35.7 Å². The Morgan fingerprint density at radius 3 is 2.25 bits per heavy atom. The van der Waals surface area contributed by atoms with Crippen molar-refractivity contribution in [2.75, 3.05) is 32.4 Å². The van der Waals surface area contributed by atoms with Gasteiger partial charge in [-0.1, -0.05) is 56.6 Å². The first kappa shape index (κ1) is 32.4. The Bertz CT molecular complexity index is 1300. The van der Waals surface area contributed by atoms with Gasteiger partial charge in [-0.2, -0.15) is 0 Å². The van der Waals surface area contributed by atoms with Gasteiger partial charge in [-0.25, -0.2) is 8.42 Å². The maximum Gasteiger partial charge on any atom is 0.229 e. The molecule has 7 nitrogen and oxygen atoms in total. The van der Waals surface area contributed by atoms with Gasteiger partial charge in [-0.05, 0) is 74.2 Å². The molecule has 0 aromatic heterocycles. The van der Waals surface area contributed by atoms with Crippen LogP contribution in [0.15, 0.2) is 53.4 Å². The summed E-state index contributed by atoms with van der Waals surface area (Å²) in [6, 6.07) is 14.4. The number of rotatable bonds is 8. The minimum atomic E-state index is -3.24. The summed E-state index contributed by atoms with van der Waals surface area (Å²) < 4.78 is 23.5. The fourth-order valence-corrected chi connectivity index (χ4v) is 6.34. The van der Waals surface area contributed by atoms with E-state index in [9.17, 15) is 18.0 Å². The molecule has 2 aromatic rings. The van der Waals surface area contributed by atoms with Crippen LogP contribution in [0, 0.1) is 10.8 Å². The molecule has 4 rings (SSSR count). The van der Waals surface area contributed by atoms with Crippen LogP contribution >= 0.6 is 24.0 Å². The third-order valence-corrected chi connectivity index (χ3v) is 9.47. The van der Waals surface area contributed by atoms with Gasteiger partial charge in [0, 0.05) is 36.3 Å². The molecule has 2 aliphatic heterocycles. The molecule has 0 bridgehead atoms. The lowest BCUT2D eigenvalue weighted by Gasteiger charge is -2.38. The van der Waals surface area contributed by atoms with Gasteiger partial charge in [0.05, 0.1) is 16.4 Å². The molecule has 1 N–H and O–H groups in total. The van der Waals surface area contributed by atoms with Crippen LogP contribution in [-0.4, -0.2) is 62.5 Å². The smallest absolute Gasteiger partial charge is 0.229 e. The predicted molar refractivity (Wildman–Crippen MR) is 161 cm³/mol. The van der Waals surface area contributed by atoms with E-state index in [1.807, 2.05) is 49.9 Å². The molecule has 1 spiro atoms. The van der Waals surface area contributed by atoms with Gasteiger partial charge >= 0.3 is 0 Å². The lowest BCUT2D eigenvalue weighted by atomic mass is 9.77. The van der Waals surface area contributed by atoms with Crippen LogP contribution < -0.4 is 5.32 Å². The van der Waals surface area contributed by atoms with Gasteiger partial charge in [-0.3, -0.25) is 9.59 Å². The van der Waals surface area contributed by atoms with Crippen LogP contribution in [-0.2, 0) is 26.0 Å². The lowest BCUT2D eigenvalue weighted by Crippen LogP contribution is -2.45. The van der Waals surface area contributed by atoms with Crippen LogP contribution in [0.1, 0.15) is 63.6 Å². The van der Waals surface area contributed by atoms with Crippen molar-refractivity contribution < 1.29 is 18.0 Å². The second-order valence-electron chi connectivity index (χ2n) is 12.1. The van der Waals surface area contributed by atoms with Gasteiger partial charge in [0.2, 0.25) is 11.8 Å². The zero-order chi connectivity index (χ0) is 28.4. The quantitative estimate of drug-likeness (QED) is 0.440. The number of hydrogen-bond donors (Lipinski definition) is 1. The molecule has 40 heavy (non-hydrogen) atoms. The molecule has 2 fully saturated rings. The Hall–Kier alpha value is -2.13. The average molecular weight is 611 g/mol. The standard InChI is InChI=1S/C30H40ClN3O4S.ClH/c1-29(2,3)27(35)32-26(23-6-5-7-24(31)20-23)12-16-33-17-13-30(14-18-33)15-19-34(28(30)36)21-22-8-10-25(11-9-22)39(4,37)38;/h5-11,20,26H,12-19,21H2,1-4H3,(H,32,35);1H. The van der Waals surface area contributed by atoms with E-state index in [0.29, 0.717) is 16.5 Å². The number of likely N-dealkylation sites (tertiary alicyclic amines) is 2. The minimum absolute atomic E-state index is 0. The normalized spacial score (nSPS) is 18.4. The van der Waals surface area contributed by atoms with E-state index in [0.717, 1.165) is 63.0 Å². The number of carbonyl (C=O) groups is 2. The third kappa shape index (κ3) is 7.78. The van der Waals surface area contributed by atoms with E-state index in [1.54, 1.807) is 24.3 Å². The highest BCUT2D eigenvalue weighted by atomic mass is 35.5. The van der Waals surface area contributed by atoms with Crippen molar-refractivity contribution in [3.8, 4) is 0 Å². The summed E-state index contributed by atoms with van der Waals surface area (Å²) >= 11 is 6.25. The second-order valence-corrected chi connectivity index (χ2v) is 14.6. The van der Waals surface area contributed by atoms with Crippen LogP contribution in [0.2, 0.25) is 5.02 Å². The molecule has 0 aliphatic carbocycles. The van der Waals surface area contributed by atoms with E-state index in [2.05, 4.69) is 10.2 Å². The number of nitrogens with zero attached hydrogens (tertiary/aromatic N) is 2. The molecule has 0 radical (unpaired) electrons. The van der Waals surface area contributed by atoms with E-state index < -0.39 is 15.3 Å². The first-order chi connectivity index (χ1) is 18.3. The summed E-state index contributed by atoms with van der Waals surface area (Å²) in [7, 11) is -3.24. The van der Waals surface area contributed by atoms with Gasteiger partial charge in [-0.15, -0.1) is 12.4 Å². The summed E-state index contributed by atoms with van der Waals surface area (Å²) in [4.78, 5) is 30.9. The number of sulfone groups is 1. The average Bonchev–Trinajstić information content (AvgIpc) is 3.16. The molecule has 220 valence electrons. The highest BCUT2D eigenvalue weighted by Gasteiger charge is 2.47. The van der Waals surface area contributed by atoms with Gasteiger partial charge in [0.1, 0.15) is 0 Å². The van der Waals surface area contributed by atoms with Crippen LogP contribution in [0.5, 0.6) is 0 Å². The maximum absolute atomic E-state index is 13.5. The maximum atomic E-state index is 13.5. The molecule has 2 saturated heterocycles. The largest absolute Gasteiger partial charge is 0.349 e. The summed E-state index contributed by atoms with van der Waals surface area (Å²) in [5.74, 6) is 0.219. The summed E-state index contributed by atoms with van der Waals surface area (Å²) in [6.07, 6.45) is 4.46. The van der Waals surface area contributed by atoms with Crippen molar-refractivity contribution in [1.82, 2.24) is 15.1 Å². The monoisotopic (exact) mass is 609 g/mol. The number of benzene rings is 2. The molecule has 2 heterocycles. The Labute approximate surface area is 250 Å². The zero-order valence-corrected chi connectivity index (χ0v) is 26.2. The Balaban J connectivity index is 0.00000441. The number of halogens is 2. The van der Waals surface area contributed by atoms with Crippen molar-refractivity contribution >= 4 is 45.7 Å². The van der Waals surface area contributed by atoms with Gasteiger partial charge in [0.25, 0.3) is 0 Å². The third-order valence-electron chi connectivity index (χ3n) is 8.11. The summed E-state index contributed by atoms with van der Waals surface area (Å²) in [5, 5.41) is 3.87. The molecule has 2 aliphatic rings. The summed E-state index contributed by atoms with van der Waals surface area (Å²) in [5.41, 5.74) is 1.14. The number of nitrogens with one attached hydrogen (secondary N) is 1. The van der Waals surface area contributed by atoms with Crippen molar-refractivity contribution in [3.63, 3.8) is 0 Å². The van der Waals surface area contributed by atoms with Crippen molar-refractivity contribution in [2.24, 2.45) is 10.8 Å². The van der Waals surface area contributed by atoms with Crippen LogP contribution in [0.3, 0.4) is 0 Å². The minimum Gasteiger partial charge on any atom is -0.349 e. The van der Waals surface area contributed by atoms with Crippen LogP contribution in [0.4, 0.5) is 0 Å². The zero-order valence-electron chi connectivity index (χ0n) is 23.8. The number of hydrogen-bond acceptors (Lipinski definition) is 5. The molecule has 1 unspecified atom stereocenters. The number of piperidine rings is 1. The van der Waals surface area contributed by atoms with E-state index in [4.69, 9.17) is 11.6 Å². The fourth-order valence-electron chi connectivity index (χ4n) is 5.51. The predicted octanol–water partition coefficient (Wildman–Crippen LogP) is 5.27. The highest BCUT2D eigenvalue weighted by Crippen LogP contribution is 2.42. The Morgan fingerprint density at radius 1 is 1.05 bits per heavy atom. The second kappa shape index (κ2) is 12.8. The first-order valence-corrected chi connectivity index (χ1v) is 15.9. The molecule has 0 saturated carbocycles. The number of amides is 2. The topological polar surface area (TPSA) is 86.8 Å². The molecule has 10 heteroatoms. The summed E-state index contributed by atoms with van der Waals surface area (Å²) in [6.45, 7) is 9.47. The lowest BCUT2D eigenvalue weighted by molar-refractivity contribution is -0.139. The fraction of sp³-hybridized carbons (Fsp3) is 0.533. The molecule has 1 atom stereocenters. The van der Waals surface area contributed by atoms with Crippen molar-refractivity contribution in [3.05, 3.63) is 64.7 Å². The Kier molecular flexibility index (Phi) is 10.4. The SMILES string of the molecule is CC(C)(C)C(=O)NC(CCN1CCC2(CC1)CCN(Cc1ccc(S(C)(=O)=O)cc1)C2=O)c1cccc(Cl)c1.Cl. The van der Waals surface area contributed by atoms with Crippen molar-refractivity contribution in [1.29, 1.82) is 0 Å². The van der Waals surface area contributed by atoms with Crippen LogP contribution in [0.25, 0.3) is 0 Å².